The quantitative estimate of drug-likeness (QED) is 0.742. The number of nitrogens with zero attached hydrogens (tertiary/aromatic N) is 2. The number of aliphatic hydroxyl groups excluding tert-OH is 1. The SMILES string of the molecule is Cc1c(N)nc(C(C)(C)C)nc1NCC(C)O. The Morgan fingerprint density at radius 2 is 1.94 bits per heavy atom. The summed E-state index contributed by atoms with van der Waals surface area (Å²) < 4.78 is 0. The highest BCUT2D eigenvalue weighted by Gasteiger charge is 2.20. The van der Waals surface area contributed by atoms with E-state index in [4.69, 9.17) is 5.73 Å². The van der Waals surface area contributed by atoms with Crippen LogP contribution in [0.2, 0.25) is 0 Å². The van der Waals surface area contributed by atoms with Crippen LogP contribution in [0.4, 0.5) is 11.6 Å². The molecule has 1 unspecified atom stereocenters. The number of hydrogen-bond donors (Lipinski definition) is 3. The summed E-state index contributed by atoms with van der Waals surface area (Å²) in [5, 5.41) is 12.4. The fraction of sp³-hybridized carbons (Fsp3) is 0.667. The van der Waals surface area contributed by atoms with Crippen LogP contribution in [0.1, 0.15) is 39.1 Å². The van der Waals surface area contributed by atoms with Gasteiger partial charge in [0.05, 0.1) is 6.10 Å². The van der Waals surface area contributed by atoms with Crippen molar-refractivity contribution in [3.8, 4) is 0 Å². The highest BCUT2D eigenvalue weighted by Crippen LogP contribution is 2.24. The molecule has 1 rings (SSSR count). The van der Waals surface area contributed by atoms with Gasteiger partial charge in [-0.2, -0.15) is 0 Å². The van der Waals surface area contributed by atoms with E-state index in [0.29, 0.717) is 24.0 Å². The molecule has 1 heterocycles. The average Bonchev–Trinajstić information content (AvgIpc) is 2.18. The Morgan fingerprint density at radius 3 is 2.41 bits per heavy atom. The Bertz CT molecular complexity index is 396. The van der Waals surface area contributed by atoms with Crippen LogP contribution >= 0.6 is 0 Å². The molecule has 0 saturated heterocycles. The standard InChI is InChI=1S/C12H22N4O/c1-7(17)6-14-10-8(2)9(13)15-11(16-10)12(3,4)5/h7,17H,6H2,1-5H3,(H3,13,14,15,16). The van der Waals surface area contributed by atoms with Crippen LogP contribution in [0.15, 0.2) is 0 Å². The van der Waals surface area contributed by atoms with E-state index in [1.54, 1.807) is 6.92 Å². The number of anilines is 2. The zero-order valence-electron chi connectivity index (χ0n) is 11.2. The molecule has 17 heavy (non-hydrogen) atoms. The third kappa shape index (κ3) is 3.56. The molecule has 0 radical (unpaired) electrons. The van der Waals surface area contributed by atoms with Gasteiger partial charge in [-0.05, 0) is 13.8 Å². The Labute approximate surface area is 102 Å². The first-order chi connectivity index (χ1) is 7.71. The molecule has 0 amide bonds. The summed E-state index contributed by atoms with van der Waals surface area (Å²) in [5.74, 6) is 1.88. The molecule has 0 bridgehead atoms. The zero-order valence-corrected chi connectivity index (χ0v) is 11.2. The van der Waals surface area contributed by atoms with Crippen molar-refractivity contribution in [2.24, 2.45) is 0 Å². The smallest absolute Gasteiger partial charge is 0.138 e. The Hall–Kier alpha value is -1.36. The fourth-order valence-electron chi connectivity index (χ4n) is 1.29. The number of rotatable bonds is 3. The van der Waals surface area contributed by atoms with Crippen molar-refractivity contribution in [1.29, 1.82) is 0 Å². The highest BCUT2D eigenvalue weighted by atomic mass is 16.3. The Balaban J connectivity index is 3.07. The first kappa shape index (κ1) is 13.7. The second kappa shape index (κ2) is 4.87. The maximum Gasteiger partial charge on any atom is 0.138 e. The van der Waals surface area contributed by atoms with Gasteiger partial charge in [-0.3, -0.25) is 0 Å². The number of hydrogen-bond acceptors (Lipinski definition) is 5. The predicted octanol–water partition coefficient (Wildman–Crippen LogP) is 1.46. The molecule has 5 heteroatoms. The van der Waals surface area contributed by atoms with Gasteiger partial charge in [-0.25, -0.2) is 9.97 Å². The minimum atomic E-state index is -0.427. The normalized spacial score (nSPS) is 13.5. The Morgan fingerprint density at radius 1 is 1.35 bits per heavy atom. The lowest BCUT2D eigenvalue weighted by molar-refractivity contribution is 0.208. The van der Waals surface area contributed by atoms with Gasteiger partial charge in [-0.1, -0.05) is 20.8 Å². The van der Waals surface area contributed by atoms with Gasteiger partial charge in [0.1, 0.15) is 17.5 Å². The summed E-state index contributed by atoms with van der Waals surface area (Å²) in [4.78, 5) is 8.76. The van der Waals surface area contributed by atoms with E-state index in [9.17, 15) is 5.11 Å². The molecule has 0 fully saturated rings. The summed E-state index contributed by atoms with van der Waals surface area (Å²) in [6.45, 7) is 10.1. The van der Waals surface area contributed by atoms with E-state index >= 15 is 0 Å². The van der Waals surface area contributed by atoms with E-state index in [1.807, 2.05) is 27.7 Å². The van der Waals surface area contributed by atoms with E-state index in [1.165, 1.54) is 0 Å². The molecular formula is C12H22N4O. The van der Waals surface area contributed by atoms with Crippen LogP contribution in [-0.2, 0) is 5.41 Å². The fourth-order valence-corrected chi connectivity index (χ4v) is 1.29. The molecule has 0 spiro atoms. The van der Waals surface area contributed by atoms with Crippen LogP contribution in [-0.4, -0.2) is 27.7 Å². The highest BCUT2D eigenvalue weighted by molar-refractivity contribution is 5.55. The second-order valence-electron chi connectivity index (χ2n) is 5.39. The first-order valence-corrected chi connectivity index (χ1v) is 5.78. The molecule has 4 N–H and O–H groups in total. The number of nitrogens with two attached hydrogens (primary N) is 1. The van der Waals surface area contributed by atoms with Crippen molar-refractivity contribution in [1.82, 2.24) is 9.97 Å². The van der Waals surface area contributed by atoms with Crippen LogP contribution in [0.5, 0.6) is 0 Å². The van der Waals surface area contributed by atoms with Crippen molar-refractivity contribution in [3.63, 3.8) is 0 Å². The molecule has 1 atom stereocenters. The van der Waals surface area contributed by atoms with E-state index in [0.717, 1.165) is 5.56 Å². The van der Waals surface area contributed by atoms with Gasteiger partial charge in [0, 0.05) is 17.5 Å². The monoisotopic (exact) mass is 238 g/mol. The molecule has 0 aliphatic heterocycles. The maximum atomic E-state index is 9.27. The Kier molecular flexibility index (Phi) is 3.93. The minimum Gasteiger partial charge on any atom is -0.392 e. The zero-order chi connectivity index (χ0) is 13.2. The maximum absolute atomic E-state index is 9.27. The topological polar surface area (TPSA) is 84.1 Å². The minimum absolute atomic E-state index is 0.150. The molecule has 5 nitrogen and oxygen atoms in total. The van der Waals surface area contributed by atoms with E-state index in [-0.39, 0.29) is 5.41 Å². The third-order valence-corrected chi connectivity index (χ3v) is 2.42. The molecule has 1 aromatic heterocycles. The summed E-state index contributed by atoms with van der Waals surface area (Å²) in [5.41, 5.74) is 6.54. The van der Waals surface area contributed by atoms with Crippen LogP contribution in [0.3, 0.4) is 0 Å². The van der Waals surface area contributed by atoms with Gasteiger partial charge in [-0.15, -0.1) is 0 Å². The molecule has 1 aromatic rings. The molecule has 0 aromatic carbocycles. The summed E-state index contributed by atoms with van der Waals surface area (Å²) >= 11 is 0. The number of aliphatic hydroxyl groups is 1. The molecule has 0 aliphatic carbocycles. The van der Waals surface area contributed by atoms with Gasteiger partial charge in [0.2, 0.25) is 0 Å². The predicted molar refractivity (Wildman–Crippen MR) is 70.1 cm³/mol. The van der Waals surface area contributed by atoms with Crippen molar-refractivity contribution >= 4 is 11.6 Å². The van der Waals surface area contributed by atoms with Gasteiger partial charge in [0.15, 0.2) is 0 Å². The van der Waals surface area contributed by atoms with Crippen LogP contribution in [0, 0.1) is 6.92 Å². The van der Waals surface area contributed by atoms with Crippen LogP contribution < -0.4 is 11.1 Å². The lowest BCUT2D eigenvalue weighted by Crippen LogP contribution is -2.22. The summed E-state index contributed by atoms with van der Waals surface area (Å²) in [6, 6.07) is 0. The van der Waals surface area contributed by atoms with Gasteiger partial charge in [0.25, 0.3) is 0 Å². The number of nitrogen functional groups attached to an aromatic ring is 1. The molecule has 0 saturated carbocycles. The average molecular weight is 238 g/mol. The lowest BCUT2D eigenvalue weighted by Gasteiger charge is -2.20. The van der Waals surface area contributed by atoms with Crippen molar-refractivity contribution in [3.05, 3.63) is 11.4 Å². The lowest BCUT2D eigenvalue weighted by atomic mass is 9.95. The summed E-state index contributed by atoms with van der Waals surface area (Å²) in [6.07, 6.45) is -0.427. The molecule has 0 aliphatic rings. The summed E-state index contributed by atoms with van der Waals surface area (Å²) in [7, 11) is 0. The first-order valence-electron chi connectivity index (χ1n) is 5.78. The van der Waals surface area contributed by atoms with Gasteiger partial charge >= 0.3 is 0 Å². The molecule has 96 valence electrons. The number of nitrogens with one attached hydrogen (secondary N) is 1. The van der Waals surface area contributed by atoms with Crippen LogP contribution in [0.25, 0.3) is 0 Å². The van der Waals surface area contributed by atoms with Crippen molar-refractivity contribution in [2.75, 3.05) is 17.6 Å². The number of aromatic nitrogens is 2. The van der Waals surface area contributed by atoms with E-state index < -0.39 is 6.10 Å². The van der Waals surface area contributed by atoms with Gasteiger partial charge < -0.3 is 16.2 Å². The largest absolute Gasteiger partial charge is 0.392 e. The van der Waals surface area contributed by atoms with Crippen molar-refractivity contribution in [2.45, 2.75) is 46.1 Å². The second-order valence-corrected chi connectivity index (χ2v) is 5.39. The third-order valence-electron chi connectivity index (χ3n) is 2.42. The van der Waals surface area contributed by atoms with E-state index in [2.05, 4.69) is 15.3 Å². The van der Waals surface area contributed by atoms with Crippen molar-refractivity contribution < 1.29 is 5.11 Å². The molecular weight excluding hydrogens is 216 g/mol.